The van der Waals surface area contributed by atoms with Crippen molar-refractivity contribution in [2.24, 2.45) is 46.8 Å². The summed E-state index contributed by atoms with van der Waals surface area (Å²) in [5, 5.41) is 23.1. The molecule has 30 heavy (non-hydrogen) atoms. The van der Waals surface area contributed by atoms with E-state index in [4.69, 9.17) is 0 Å². The molecule has 5 rings (SSSR count). The quantitative estimate of drug-likeness (QED) is 0.751. The number of aromatic nitrogens is 4. The average molecular weight is 415 g/mol. The molecule has 0 spiro atoms. The molecule has 0 aromatic carbocycles. The predicted octanol–water partition coefficient (Wildman–Crippen LogP) is 5.03. The number of aliphatic hydroxyl groups is 1. The van der Waals surface area contributed by atoms with Crippen molar-refractivity contribution in [2.75, 3.05) is 0 Å². The van der Waals surface area contributed by atoms with Crippen molar-refractivity contribution in [1.82, 2.24) is 20.2 Å². The molecule has 0 saturated heterocycles. The van der Waals surface area contributed by atoms with E-state index in [-0.39, 0.29) is 5.60 Å². The molecule has 9 atom stereocenters. The molecular formula is C25H42N4O. The Balaban J connectivity index is 1.30. The van der Waals surface area contributed by atoms with Gasteiger partial charge in [-0.3, -0.25) is 0 Å². The molecular weight excluding hydrogens is 372 g/mol. The van der Waals surface area contributed by atoms with Gasteiger partial charge >= 0.3 is 0 Å². The molecule has 4 aliphatic carbocycles. The normalized spacial score (nSPS) is 46.7. The van der Waals surface area contributed by atoms with Crippen molar-refractivity contribution in [2.45, 2.75) is 104 Å². The van der Waals surface area contributed by atoms with Crippen molar-refractivity contribution in [3.05, 3.63) is 5.82 Å². The summed E-state index contributed by atoms with van der Waals surface area (Å²) in [4.78, 5) is 0. The summed E-state index contributed by atoms with van der Waals surface area (Å²) in [6.07, 6.45) is 12.8. The number of fused-ring (bicyclic) bond motifs is 5. The maximum atomic E-state index is 10.9. The van der Waals surface area contributed by atoms with Gasteiger partial charge in [-0.05, 0) is 128 Å². The predicted molar refractivity (Wildman–Crippen MR) is 118 cm³/mol. The zero-order valence-corrected chi connectivity index (χ0v) is 19.6. The number of tetrazole rings is 1. The molecule has 1 unspecified atom stereocenters. The summed E-state index contributed by atoms with van der Waals surface area (Å²) in [5.74, 6) is 6.81. The van der Waals surface area contributed by atoms with Gasteiger partial charge in [-0.2, -0.15) is 0 Å². The Morgan fingerprint density at radius 2 is 1.87 bits per heavy atom. The van der Waals surface area contributed by atoms with Crippen molar-refractivity contribution >= 4 is 0 Å². The Hall–Kier alpha value is -0.970. The second-order valence-corrected chi connectivity index (χ2v) is 11.9. The minimum atomic E-state index is -0.362. The van der Waals surface area contributed by atoms with Crippen LogP contribution in [0, 0.1) is 53.8 Å². The topological polar surface area (TPSA) is 63.8 Å². The third kappa shape index (κ3) is 3.25. The number of rotatable bonds is 4. The first-order valence-electron chi connectivity index (χ1n) is 12.8. The third-order valence-electron chi connectivity index (χ3n) is 10.7. The number of hydrogen-bond acceptors (Lipinski definition) is 4. The first-order chi connectivity index (χ1) is 14.3. The van der Waals surface area contributed by atoms with E-state index in [9.17, 15) is 5.11 Å². The fraction of sp³-hybridized carbons (Fsp3) is 0.960. The van der Waals surface area contributed by atoms with Crippen LogP contribution in [0.5, 0.6) is 0 Å². The summed E-state index contributed by atoms with van der Waals surface area (Å²) in [7, 11) is 0. The SMILES string of the molecule is CCC1(O)CC[C@H]2[C@@H](CC[C@@H]3[C@@H]2CC[C@]2(C)[C@@H]([C@@H](C)Cn4nnnc4C)CC[C@@H]32)C1. The molecule has 0 bridgehead atoms. The Morgan fingerprint density at radius 1 is 1.07 bits per heavy atom. The second-order valence-electron chi connectivity index (χ2n) is 11.9. The van der Waals surface area contributed by atoms with E-state index in [0.717, 1.165) is 67.1 Å². The smallest absolute Gasteiger partial charge is 0.148 e. The maximum absolute atomic E-state index is 10.9. The fourth-order valence-electron chi connectivity index (χ4n) is 9.08. The summed E-state index contributed by atoms with van der Waals surface area (Å²) in [6, 6.07) is 0. The average Bonchev–Trinajstić information content (AvgIpc) is 3.30. The van der Waals surface area contributed by atoms with E-state index in [0.29, 0.717) is 11.3 Å². The molecule has 1 aromatic heterocycles. The summed E-state index contributed by atoms with van der Waals surface area (Å²) in [5.41, 5.74) is 0.133. The van der Waals surface area contributed by atoms with Crippen molar-refractivity contribution in [3.63, 3.8) is 0 Å². The molecule has 5 nitrogen and oxygen atoms in total. The zero-order valence-electron chi connectivity index (χ0n) is 19.6. The maximum Gasteiger partial charge on any atom is 0.148 e. The highest BCUT2D eigenvalue weighted by Crippen LogP contribution is 2.65. The van der Waals surface area contributed by atoms with Gasteiger partial charge in [0.25, 0.3) is 0 Å². The first kappa shape index (κ1) is 20.9. The Labute approximate surface area is 182 Å². The monoisotopic (exact) mass is 414 g/mol. The van der Waals surface area contributed by atoms with Crippen LogP contribution in [0.1, 0.15) is 90.8 Å². The molecule has 0 amide bonds. The standard InChI is InChI=1S/C25H42N4O/c1-5-25(30)13-11-19-18(14-25)6-7-21-20(19)10-12-24(4)22(8-9-23(21)24)16(2)15-29-17(3)26-27-28-29/h16,18-23,30H,5-15H2,1-4H3/t16-,18-,19-,20+,21+,22+,23-,24+,25?/m0/s1. The molecule has 1 aromatic rings. The third-order valence-corrected chi connectivity index (χ3v) is 10.7. The van der Waals surface area contributed by atoms with Crippen molar-refractivity contribution < 1.29 is 5.11 Å². The molecule has 4 saturated carbocycles. The lowest BCUT2D eigenvalue weighted by Gasteiger charge is -2.57. The molecule has 4 aliphatic rings. The largest absolute Gasteiger partial charge is 0.390 e. The van der Waals surface area contributed by atoms with E-state index in [2.05, 4.69) is 36.3 Å². The van der Waals surface area contributed by atoms with E-state index in [1.807, 2.05) is 11.6 Å². The highest BCUT2D eigenvalue weighted by molar-refractivity contribution is 5.07. The lowest BCUT2D eigenvalue weighted by Crippen LogP contribution is -2.51. The van der Waals surface area contributed by atoms with Crippen molar-refractivity contribution in [1.29, 1.82) is 0 Å². The van der Waals surface area contributed by atoms with Crippen LogP contribution in [0.3, 0.4) is 0 Å². The minimum Gasteiger partial charge on any atom is -0.390 e. The zero-order chi connectivity index (χ0) is 21.1. The number of hydrogen-bond donors (Lipinski definition) is 1. The second kappa shape index (κ2) is 7.56. The summed E-state index contributed by atoms with van der Waals surface area (Å²) < 4.78 is 2.01. The lowest BCUT2D eigenvalue weighted by atomic mass is 9.48. The van der Waals surface area contributed by atoms with E-state index >= 15 is 0 Å². The molecule has 5 heteroatoms. The van der Waals surface area contributed by atoms with Gasteiger partial charge in [0.2, 0.25) is 0 Å². The van der Waals surface area contributed by atoms with Crippen LogP contribution < -0.4 is 0 Å². The molecule has 168 valence electrons. The van der Waals surface area contributed by atoms with Gasteiger partial charge in [-0.15, -0.1) is 5.10 Å². The van der Waals surface area contributed by atoms with Gasteiger partial charge in [0.1, 0.15) is 5.82 Å². The highest BCUT2D eigenvalue weighted by Gasteiger charge is 2.58. The van der Waals surface area contributed by atoms with E-state index < -0.39 is 0 Å². The number of nitrogens with zero attached hydrogens (tertiary/aromatic N) is 4. The van der Waals surface area contributed by atoms with Crippen LogP contribution in [0.2, 0.25) is 0 Å². The molecule has 0 radical (unpaired) electrons. The Kier molecular flexibility index (Phi) is 5.27. The van der Waals surface area contributed by atoms with Gasteiger partial charge < -0.3 is 5.11 Å². The van der Waals surface area contributed by atoms with Crippen LogP contribution >= 0.6 is 0 Å². The summed E-state index contributed by atoms with van der Waals surface area (Å²) in [6.45, 7) is 10.2. The minimum absolute atomic E-state index is 0.362. The lowest BCUT2D eigenvalue weighted by molar-refractivity contribution is -0.109. The first-order valence-corrected chi connectivity index (χ1v) is 12.8. The van der Waals surface area contributed by atoms with Crippen molar-refractivity contribution in [3.8, 4) is 0 Å². The molecule has 1 N–H and O–H groups in total. The van der Waals surface area contributed by atoms with Gasteiger partial charge in [0, 0.05) is 6.54 Å². The molecule has 4 fully saturated rings. The molecule has 1 heterocycles. The van der Waals surface area contributed by atoms with E-state index in [1.54, 1.807) is 0 Å². The van der Waals surface area contributed by atoms with Crippen LogP contribution in [0.15, 0.2) is 0 Å². The molecule has 0 aliphatic heterocycles. The van der Waals surface area contributed by atoms with Gasteiger partial charge in [0.15, 0.2) is 0 Å². The van der Waals surface area contributed by atoms with Crippen LogP contribution in [-0.2, 0) is 6.54 Å². The Morgan fingerprint density at radius 3 is 2.60 bits per heavy atom. The van der Waals surface area contributed by atoms with Gasteiger partial charge in [-0.1, -0.05) is 20.8 Å². The Bertz CT molecular complexity index is 764. The van der Waals surface area contributed by atoms with Crippen LogP contribution in [-0.4, -0.2) is 30.9 Å². The van der Waals surface area contributed by atoms with E-state index in [1.165, 1.54) is 44.9 Å². The number of aryl methyl sites for hydroxylation is 1. The fourth-order valence-corrected chi connectivity index (χ4v) is 9.08. The highest BCUT2D eigenvalue weighted by atomic mass is 16.3. The van der Waals surface area contributed by atoms with Crippen LogP contribution in [0.4, 0.5) is 0 Å². The summed E-state index contributed by atoms with van der Waals surface area (Å²) >= 11 is 0. The van der Waals surface area contributed by atoms with Gasteiger partial charge in [0.05, 0.1) is 5.60 Å². The van der Waals surface area contributed by atoms with Crippen LogP contribution in [0.25, 0.3) is 0 Å². The van der Waals surface area contributed by atoms with Gasteiger partial charge in [-0.25, -0.2) is 4.68 Å².